The van der Waals surface area contributed by atoms with Crippen LogP contribution in [0, 0.1) is 13.8 Å². The summed E-state index contributed by atoms with van der Waals surface area (Å²) in [6, 6.07) is -0.0753. The lowest BCUT2D eigenvalue weighted by Crippen LogP contribution is -2.54. The van der Waals surface area contributed by atoms with E-state index in [4.69, 9.17) is 0 Å². The molecule has 1 saturated heterocycles. The second-order valence-corrected chi connectivity index (χ2v) is 7.07. The van der Waals surface area contributed by atoms with Gasteiger partial charge < -0.3 is 15.1 Å². The second kappa shape index (κ2) is 8.33. The summed E-state index contributed by atoms with van der Waals surface area (Å²) in [5.74, 6) is -1.03. The van der Waals surface area contributed by atoms with Crippen LogP contribution in [0.5, 0.6) is 0 Å². The van der Waals surface area contributed by atoms with Gasteiger partial charge in [0.05, 0.1) is 5.69 Å². The highest BCUT2D eigenvalue weighted by atomic mass is 16.2. The number of carbonyl (C=O) groups is 3. The first-order valence-electron chi connectivity index (χ1n) is 9.07. The third-order valence-electron chi connectivity index (χ3n) is 4.78. The largest absolute Gasteiger partial charge is 0.346 e. The van der Waals surface area contributed by atoms with Crippen LogP contribution in [0.3, 0.4) is 0 Å². The molecule has 26 heavy (non-hydrogen) atoms. The van der Waals surface area contributed by atoms with Crippen LogP contribution in [-0.4, -0.2) is 69.5 Å². The van der Waals surface area contributed by atoms with Crippen molar-refractivity contribution in [1.82, 2.24) is 24.9 Å². The molecule has 2 heterocycles. The monoisotopic (exact) mass is 363 g/mol. The van der Waals surface area contributed by atoms with E-state index in [0.717, 1.165) is 17.0 Å². The summed E-state index contributed by atoms with van der Waals surface area (Å²) >= 11 is 0. The number of nitrogens with one attached hydrogen (secondary N) is 1. The zero-order chi connectivity index (χ0) is 19.4. The Morgan fingerprint density at radius 3 is 2.15 bits per heavy atom. The maximum atomic E-state index is 12.5. The number of piperazine rings is 1. The lowest BCUT2D eigenvalue weighted by Gasteiger charge is -2.34. The molecule has 1 aromatic heterocycles. The number of aryl methyl sites for hydroxylation is 2. The Kier molecular flexibility index (Phi) is 6.39. The van der Waals surface area contributed by atoms with Crippen molar-refractivity contribution in [2.45, 2.75) is 46.6 Å². The molecule has 1 N–H and O–H groups in total. The van der Waals surface area contributed by atoms with Crippen molar-refractivity contribution < 1.29 is 14.4 Å². The summed E-state index contributed by atoms with van der Waals surface area (Å²) in [5.41, 5.74) is 3.17. The van der Waals surface area contributed by atoms with Crippen molar-refractivity contribution in [3.8, 4) is 0 Å². The van der Waals surface area contributed by atoms with Crippen LogP contribution in [0.25, 0.3) is 0 Å². The van der Waals surface area contributed by atoms with Gasteiger partial charge in [0, 0.05) is 51.4 Å². The Morgan fingerprint density at radius 1 is 1.08 bits per heavy atom. The summed E-state index contributed by atoms with van der Waals surface area (Å²) < 4.78 is 1.84. The maximum Gasteiger partial charge on any atom is 0.312 e. The van der Waals surface area contributed by atoms with E-state index in [2.05, 4.69) is 10.4 Å². The van der Waals surface area contributed by atoms with Gasteiger partial charge in [0.1, 0.15) is 0 Å². The van der Waals surface area contributed by atoms with Gasteiger partial charge in [-0.15, -0.1) is 0 Å². The van der Waals surface area contributed by atoms with Crippen LogP contribution in [0.15, 0.2) is 0 Å². The van der Waals surface area contributed by atoms with Gasteiger partial charge in [-0.3, -0.25) is 19.1 Å². The van der Waals surface area contributed by atoms with E-state index >= 15 is 0 Å². The zero-order valence-corrected chi connectivity index (χ0v) is 16.3. The molecule has 1 aliphatic rings. The Hall–Kier alpha value is -2.38. The van der Waals surface area contributed by atoms with Crippen molar-refractivity contribution in [3.05, 3.63) is 17.0 Å². The highest BCUT2D eigenvalue weighted by molar-refractivity contribution is 6.35. The summed E-state index contributed by atoms with van der Waals surface area (Å²) in [5, 5.41) is 6.98. The molecule has 0 spiro atoms. The molecule has 8 nitrogen and oxygen atoms in total. The maximum absolute atomic E-state index is 12.5. The molecule has 2 rings (SSSR count). The number of nitrogens with zero attached hydrogens (tertiary/aromatic N) is 4. The van der Waals surface area contributed by atoms with Crippen molar-refractivity contribution in [3.63, 3.8) is 0 Å². The Morgan fingerprint density at radius 2 is 1.65 bits per heavy atom. The summed E-state index contributed by atoms with van der Waals surface area (Å²) in [6.07, 6.45) is 1.09. The molecule has 0 radical (unpaired) electrons. The normalized spacial score (nSPS) is 14.7. The first-order chi connectivity index (χ1) is 12.2. The van der Waals surface area contributed by atoms with E-state index in [-0.39, 0.29) is 11.9 Å². The van der Waals surface area contributed by atoms with E-state index in [1.165, 1.54) is 4.90 Å². The van der Waals surface area contributed by atoms with Crippen molar-refractivity contribution >= 4 is 17.7 Å². The third-order valence-corrected chi connectivity index (χ3v) is 4.78. The molecule has 8 heteroatoms. The Bertz CT molecular complexity index is 687. The van der Waals surface area contributed by atoms with E-state index < -0.39 is 11.8 Å². The minimum atomic E-state index is -0.581. The quantitative estimate of drug-likeness (QED) is 0.772. The summed E-state index contributed by atoms with van der Waals surface area (Å²) in [4.78, 5) is 39.7. The molecular weight excluding hydrogens is 334 g/mol. The number of rotatable bonds is 4. The molecule has 1 aliphatic heterocycles. The van der Waals surface area contributed by atoms with Gasteiger partial charge in [0.25, 0.3) is 0 Å². The van der Waals surface area contributed by atoms with Crippen molar-refractivity contribution in [2.75, 3.05) is 26.2 Å². The Labute approximate surface area is 154 Å². The first-order valence-corrected chi connectivity index (χ1v) is 9.07. The van der Waals surface area contributed by atoms with Crippen LogP contribution in [0.4, 0.5) is 0 Å². The lowest BCUT2D eigenvalue weighted by molar-refractivity contribution is -0.148. The van der Waals surface area contributed by atoms with Crippen LogP contribution >= 0.6 is 0 Å². The predicted octanol–water partition coefficient (Wildman–Crippen LogP) is 0.165. The smallest absolute Gasteiger partial charge is 0.312 e. The van der Waals surface area contributed by atoms with Crippen LogP contribution < -0.4 is 5.32 Å². The van der Waals surface area contributed by atoms with Crippen LogP contribution in [0.2, 0.25) is 0 Å². The molecule has 0 bridgehead atoms. The average Bonchev–Trinajstić information content (AvgIpc) is 2.83. The number of carbonyl (C=O) groups excluding carboxylic acids is 3. The van der Waals surface area contributed by atoms with E-state index in [1.807, 2.05) is 39.4 Å². The van der Waals surface area contributed by atoms with E-state index in [0.29, 0.717) is 39.0 Å². The molecular formula is C18H29N5O3. The van der Waals surface area contributed by atoms with Gasteiger partial charge in [-0.25, -0.2) is 0 Å². The molecule has 1 aromatic rings. The molecule has 0 aliphatic carbocycles. The van der Waals surface area contributed by atoms with Gasteiger partial charge in [-0.2, -0.15) is 5.10 Å². The van der Waals surface area contributed by atoms with Crippen molar-refractivity contribution in [1.29, 1.82) is 0 Å². The minimum absolute atomic E-state index is 0.0753. The summed E-state index contributed by atoms with van der Waals surface area (Å²) in [7, 11) is 1.90. The molecule has 0 aromatic carbocycles. The van der Waals surface area contributed by atoms with Gasteiger partial charge >= 0.3 is 11.8 Å². The van der Waals surface area contributed by atoms with Gasteiger partial charge in [-0.1, -0.05) is 0 Å². The highest BCUT2D eigenvalue weighted by Crippen LogP contribution is 2.15. The van der Waals surface area contributed by atoms with Gasteiger partial charge in [0.2, 0.25) is 5.91 Å². The van der Waals surface area contributed by atoms with E-state index in [9.17, 15) is 14.4 Å². The molecule has 144 valence electrons. The van der Waals surface area contributed by atoms with Crippen LogP contribution in [-0.2, 0) is 27.9 Å². The lowest BCUT2D eigenvalue weighted by atomic mass is 10.1. The second-order valence-electron chi connectivity index (χ2n) is 7.07. The van der Waals surface area contributed by atoms with E-state index in [1.54, 1.807) is 4.90 Å². The fraction of sp³-hybridized carbons (Fsp3) is 0.667. The average molecular weight is 363 g/mol. The van der Waals surface area contributed by atoms with Crippen LogP contribution in [0.1, 0.15) is 37.2 Å². The minimum Gasteiger partial charge on any atom is -0.346 e. The molecule has 0 atom stereocenters. The molecule has 1 fully saturated rings. The number of hydrogen-bond donors (Lipinski definition) is 1. The number of hydrogen-bond acceptors (Lipinski definition) is 4. The molecule has 0 unspecified atom stereocenters. The van der Waals surface area contributed by atoms with Crippen molar-refractivity contribution in [2.24, 2.45) is 7.05 Å². The number of aromatic nitrogens is 2. The Balaban J connectivity index is 1.83. The van der Waals surface area contributed by atoms with Gasteiger partial charge in [0.15, 0.2) is 0 Å². The third kappa shape index (κ3) is 4.62. The topological polar surface area (TPSA) is 87.5 Å². The fourth-order valence-electron chi connectivity index (χ4n) is 3.20. The summed E-state index contributed by atoms with van der Waals surface area (Å²) in [6.45, 7) is 9.30. The highest BCUT2D eigenvalue weighted by Gasteiger charge is 2.28. The van der Waals surface area contributed by atoms with Gasteiger partial charge in [-0.05, 0) is 39.7 Å². The number of amides is 3. The zero-order valence-electron chi connectivity index (χ0n) is 16.3. The molecule has 3 amide bonds. The first kappa shape index (κ1) is 19.9. The standard InChI is InChI=1S/C18H29N5O3/c1-12(2)19-17(25)18(26)23-10-8-22(9-11-23)16(24)7-6-15-13(3)20-21(5)14(15)4/h12H,6-11H2,1-5H3,(H,19,25). The predicted molar refractivity (Wildman–Crippen MR) is 97.4 cm³/mol. The fourth-order valence-corrected chi connectivity index (χ4v) is 3.20. The molecule has 0 saturated carbocycles. The SMILES string of the molecule is Cc1nn(C)c(C)c1CCC(=O)N1CCN(C(=O)C(=O)NC(C)C)CC1.